The molecule has 0 radical (unpaired) electrons. The molecule has 0 aliphatic rings. The van der Waals surface area contributed by atoms with Crippen LogP contribution in [-0.4, -0.2) is 15.0 Å². The Kier molecular flexibility index (Phi) is 5.07. The van der Waals surface area contributed by atoms with Gasteiger partial charge in [0, 0.05) is 13.0 Å². The fourth-order valence-corrected chi connectivity index (χ4v) is 2.43. The van der Waals surface area contributed by atoms with Gasteiger partial charge in [0.05, 0.1) is 6.07 Å². The Labute approximate surface area is 100 Å². The van der Waals surface area contributed by atoms with Crippen LogP contribution in [0.1, 0.15) is 19.3 Å². The van der Waals surface area contributed by atoms with Crippen molar-refractivity contribution in [3.63, 3.8) is 0 Å². The molecule has 0 amide bonds. The molecule has 0 bridgehead atoms. The van der Waals surface area contributed by atoms with Gasteiger partial charge in [0.1, 0.15) is 10.7 Å². The third kappa shape index (κ3) is 4.13. The fourth-order valence-electron chi connectivity index (χ4n) is 1.28. The van der Waals surface area contributed by atoms with Crippen molar-refractivity contribution in [2.45, 2.75) is 24.2 Å². The van der Waals surface area contributed by atoms with E-state index in [1.54, 1.807) is 0 Å². The highest BCUT2D eigenvalue weighted by Crippen LogP contribution is 2.12. The minimum absolute atomic E-state index is 0.207. The minimum Gasteiger partial charge on any atom is -0.211 e. The Hall–Kier alpha value is -1.45. The molecule has 17 heavy (non-hydrogen) atoms. The Morgan fingerprint density at radius 3 is 2.65 bits per heavy atom. The second kappa shape index (κ2) is 6.33. The van der Waals surface area contributed by atoms with Gasteiger partial charge >= 0.3 is 0 Å². The van der Waals surface area contributed by atoms with E-state index in [4.69, 9.17) is 5.26 Å². The molecule has 0 unspecified atom stereocenters. The zero-order chi connectivity index (χ0) is 12.7. The van der Waals surface area contributed by atoms with Crippen LogP contribution in [0.15, 0.2) is 29.2 Å². The number of nitrogens with zero attached hydrogens (tertiary/aromatic N) is 1. The summed E-state index contributed by atoms with van der Waals surface area (Å²) in [5.74, 6) is -0.767. The van der Waals surface area contributed by atoms with Gasteiger partial charge in [-0.15, -0.1) is 0 Å². The van der Waals surface area contributed by atoms with Crippen LogP contribution in [0.4, 0.5) is 4.39 Å². The maximum atomic E-state index is 13.3. The Morgan fingerprint density at radius 2 is 2.00 bits per heavy atom. The molecular formula is C11H13FN2O2S. The van der Waals surface area contributed by atoms with Crippen LogP contribution in [0.2, 0.25) is 0 Å². The first kappa shape index (κ1) is 13.6. The van der Waals surface area contributed by atoms with Crippen molar-refractivity contribution in [3.8, 4) is 6.07 Å². The summed E-state index contributed by atoms with van der Waals surface area (Å²) in [6.45, 7) is 0.207. The van der Waals surface area contributed by atoms with E-state index >= 15 is 0 Å². The van der Waals surface area contributed by atoms with Crippen molar-refractivity contribution >= 4 is 10.0 Å². The quantitative estimate of drug-likeness (QED) is 0.789. The van der Waals surface area contributed by atoms with E-state index in [2.05, 4.69) is 4.72 Å². The predicted molar refractivity (Wildman–Crippen MR) is 61.1 cm³/mol. The highest BCUT2D eigenvalue weighted by Gasteiger charge is 2.17. The number of nitriles is 1. The molecule has 0 aromatic heterocycles. The fraction of sp³-hybridized carbons (Fsp3) is 0.364. The van der Waals surface area contributed by atoms with Gasteiger partial charge in [-0.1, -0.05) is 12.1 Å². The lowest BCUT2D eigenvalue weighted by Crippen LogP contribution is -2.25. The normalized spacial score (nSPS) is 11.1. The number of sulfonamides is 1. The Bertz CT molecular complexity index is 508. The van der Waals surface area contributed by atoms with Crippen LogP contribution in [0.25, 0.3) is 0 Å². The highest BCUT2D eigenvalue weighted by atomic mass is 32.2. The summed E-state index contributed by atoms with van der Waals surface area (Å²) in [5.41, 5.74) is 0. The average molecular weight is 256 g/mol. The van der Waals surface area contributed by atoms with E-state index in [1.165, 1.54) is 18.2 Å². The third-order valence-corrected chi connectivity index (χ3v) is 3.63. The maximum absolute atomic E-state index is 13.3. The van der Waals surface area contributed by atoms with Gasteiger partial charge in [0.15, 0.2) is 0 Å². The summed E-state index contributed by atoms with van der Waals surface area (Å²) in [6, 6.07) is 7.18. The molecule has 0 atom stereocenters. The molecule has 1 N–H and O–H groups in total. The van der Waals surface area contributed by atoms with Crippen LogP contribution >= 0.6 is 0 Å². The molecule has 0 aliphatic carbocycles. The number of unbranched alkanes of at least 4 members (excludes halogenated alkanes) is 2. The van der Waals surface area contributed by atoms with Crippen LogP contribution in [0.3, 0.4) is 0 Å². The minimum atomic E-state index is -3.79. The smallest absolute Gasteiger partial charge is 0.211 e. The summed E-state index contributed by atoms with van der Waals surface area (Å²) >= 11 is 0. The van der Waals surface area contributed by atoms with Crippen LogP contribution in [0.5, 0.6) is 0 Å². The number of hydrogen-bond acceptors (Lipinski definition) is 3. The molecule has 0 heterocycles. The maximum Gasteiger partial charge on any atom is 0.243 e. The van der Waals surface area contributed by atoms with E-state index < -0.39 is 15.8 Å². The van der Waals surface area contributed by atoms with Gasteiger partial charge in [0.25, 0.3) is 0 Å². The van der Waals surface area contributed by atoms with E-state index in [1.807, 2.05) is 6.07 Å². The first-order valence-corrected chi connectivity index (χ1v) is 6.67. The average Bonchev–Trinajstić information content (AvgIpc) is 2.29. The number of benzene rings is 1. The molecule has 0 spiro atoms. The summed E-state index contributed by atoms with van der Waals surface area (Å²) in [4.78, 5) is -0.347. The third-order valence-electron chi connectivity index (χ3n) is 2.13. The standard InChI is InChI=1S/C11H13FN2O2S/c12-10-6-2-3-7-11(10)17(15,16)14-9-5-1-4-8-13/h2-3,6-7,14H,1,4-5,9H2. The molecule has 0 saturated heterocycles. The molecule has 6 heteroatoms. The predicted octanol–water partition coefficient (Wildman–Crippen LogP) is 1.80. The summed E-state index contributed by atoms with van der Waals surface area (Å²) in [6.07, 6.45) is 1.57. The lowest BCUT2D eigenvalue weighted by atomic mass is 10.2. The van der Waals surface area contributed by atoms with E-state index in [0.717, 1.165) is 6.07 Å². The summed E-state index contributed by atoms with van der Waals surface area (Å²) < 4.78 is 38.9. The SMILES string of the molecule is N#CCCCCNS(=O)(=O)c1ccccc1F. The van der Waals surface area contributed by atoms with E-state index in [0.29, 0.717) is 19.3 Å². The molecule has 1 rings (SSSR count). The van der Waals surface area contributed by atoms with Crippen molar-refractivity contribution in [1.29, 1.82) is 5.26 Å². The van der Waals surface area contributed by atoms with Gasteiger partial charge < -0.3 is 0 Å². The highest BCUT2D eigenvalue weighted by molar-refractivity contribution is 7.89. The zero-order valence-corrected chi connectivity index (χ0v) is 10.0. The number of rotatable bonds is 6. The van der Waals surface area contributed by atoms with Gasteiger partial charge in [-0.05, 0) is 25.0 Å². The first-order chi connectivity index (χ1) is 8.08. The molecule has 4 nitrogen and oxygen atoms in total. The monoisotopic (exact) mass is 256 g/mol. The number of halogens is 1. The second-order valence-corrected chi connectivity index (χ2v) is 5.18. The van der Waals surface area contributed by atoms with E-state index in [-0.39, 0.29) is 11.4 Å². The largest absolute Gasteiger partial charge is 0.243 e. The van der Waals surface area contributed by atoms with Crippen molar-refractivity contribution in [1.82, 2.24) is 4.72 Å². The number of nitrogens with one attached hydrogen (secondary N) is 1. The van der Waals surface area contributed by atoms with Crippen molar-refractivity contribution < 1.29 is 12.8 Å². The summed E-state index contributed by atoms with van der Waals surface area (Å²) in [5, 5.41) is 8.30. The topological polar surface area (TPSA) is 70.0 Å². The number of hydrogen-bond donors (Lipinski definition) is 1. The molecule has 0 fully saturated rings. The van der Waals surface area contributed by atoms with Crippen LogP contribution in [-0.2, 0) is 10.0 Å². The van der Waals surface area contributed by atoms with E-state index in [9.17, 15) is 12.8 Å². The van der Waals surface area contributed by atoms with Gasteiger partial charge in [-0.2, -0.15) is 5.26 Å². The first-order valence-electron chi connectivity index (χ1n) is 5.19. The van der Waals surface area contributed by atoms with Crippen molar-refractivity contribution in [2.24, 2.45) is 0 Å². The molecule has 1 aromatic rings. The lowest BCUT2D eigenvalue weighted by Gasteiger charge is -2.06. The van der Waals surface area contributed by atoms with Gasteiger partial charge in [-0.25, -0.2) is 17.5 Å². The second-order valence-electron chi connectivity index (χ2n) is 3.44. The lowest BCUT2D eigenvalue weighted by molar-refractivity contribution is 0.554. The molecule has 0 saturated carbocycles. The van der Waals surface area contributed by atoms with Crippen LogP contribution in [0, 0.1) is 17.1 Å². The zero-order valence-electron chi connectivity index (χ0n) is 9.19. The van der Waals surface area contributed by atoms with Gasteiger partial charge in [0.2, 0.25) is 10.0 Å². The van der Waals surface area contributed by atoms with Crippen molar-refractivity contribution in [3.05, 3.63) is 30.1 Å². The van der Waals surface area contributed by atoms with Gasteiger partial charge in [-0.3, -0.25) is 0 Å². The Morgan fingerprint density at radius 1 is 1.29 bits per heavy atom. The molecular weight excluding hydrogens is 243 g/mol. The molecule has 1 aromatic carbocycles. The van der Waals surface area contributed by atoms with Crippen molar-refractivity contribution in [2.75, 3.05) is 6.54 Å². The Balaban J connectivity index is 2.59. The summed E-state index contributed by atoms with van der Waals surface area (Å²) in [7, 11) is -3.79. The van der Waals surface area contributed by atoms with Crippen LogP contribution < -0.4 is 4.72 Å². The molecule has 92 valence electrons. The molecule has 0 aliphatic heterocycles.